The first-order chi connectivity index (χ1) is 14.1. The van der Waals surface area contributed by atoms with E-state index in [2.05, 4.69) is 37.9 Å². The van der Waals surface area contributed by atoms with Crippen molar-refractivity contribution in [3.8, 4) is 17.2 Å². The van der Waals surface area contributed by atoms with Crippen LogP contribution in [-0.2, 0) is 6.18 Å². The number of hydrogen-bond donors (Lipinski definition) is 0. The van der Waals surface area contributed by atoms with E-state index in [0.717, 1.165) is 44.4 Å². The molecule has 0 bridgehead atoms. The normalized spacial score (nSPS) is 13.9. The lowest BCUT2D eigenvalue weighted by atomic mass is 10.0. The van der Waals surface area contributed by atoms with E-state index in [1.165, 1.54) is 6.07 Å². The second-order valence-electron chi connectivity index (χ2n) is 7.10. The number of alkyl halides is 3. The van der Waals surface area contributed by atoms with Gasteiger partial charge in [-0.15, -0.1) is 0 Å². The van der Waals surface area contributed by atoms with E-state index in [4.69, 9.17) is 4.99 Å². The van der Waals surface area contributed by atoms with Crippen LogP contribution in [0.15, 0.2) is 56.4 Å². The molecule has 0 radical (unpaired) electrons. The minimum absolute atomic E-state index is 0.436. The van der Waals surface area contributed by atoms with Gasteiger partial charge < -0.3 is 0 Å². The number of aryl methyl sites for hydroxylation is 2. The number of fused-ring (bicyclic) bond motifs is 3. The van der Waals surface area contributed by atoms with Crippen LogP contribution in [0.1, 0.15) is 33.4 Å². The molecule has 0 spiro atoms. The summed E-state index contributed by atoms with van der Waals surface area (Å²) < 4.78 is 40.6. The Morgan fingerprint density at radius 2 is 1.47 bits per heavy atom. The fraction of sp³-hybridized carbons (Fsp3) is 0.130. The predicted molar refractivity (Wildman–Crippen MR) is 118 cm³/mol. The number of hydrogen-bond acceptors (Lipinski definition) is 2. The first-order valence-corrected chi connectivity index (χ1v) is 10.5. The van der Waals surface area contributed by atoms with Crippen LogP contribution in [0.3, 0.4) is 0 Å². The Kier molecular flexibility index (Phi) is 5.11. The monoisotopic (exact) mass is 532 g/mol. The summed E-state index contributed by atoms with van der Waals surface area (Å²) >= 11 is 6.98. The molecule has 0 amide bonds. The largest absolute Gasteiger partial charge is 0.416 e. The quantitative estimate of drug-likeness (QED) is 0.245. The van der Waals surface area contributed by atoms with Crippen molar-refractivity contribution in [3.05, 3.63) is 84.8 Å². The summed E-state index contributed by atoms with van der Waals surface area (Å²) in [6.07, 6.45) is -4.40. The van der Waals surface area contributed by atoms with Gasteiger partial charge in [0.2, 0.25) is 0 Å². The van der Waals surface area contributed by atoms with Crippen molar-refractivity contribution in [1.82, 2.24) is 0 Å². The van der Waals surface area contributed by atoms with Gasteiger partial charge in [0.25, 0.3) is 0 Å². The number of nitrogens with zero attached hydrogens (tertiary/aromatic N) is 2. The zero-order valence-corrected chi connectivity index (χ0v) is 19.0. The minimum Gasteiger partial charge on any atom is -0.247 e. The SMILES string of the molecule is Cc1cc2c(cc1Br)C(=Nc1ccc(C(F)(F)F)cc1C)c1cc(Br)c(C#N)cc1-2. The van der Waals surface area contributed by atoms with Crippen LogP contribution in [0, 0.1) is 25.2 Å². The van der Waals surface area contributed by atoms with Crippen LogP contribution >= 0.6 is 31.9 Å². The molecule has 0 saturated heterocycles. The van der Waals surface area contributed by atoms with E-state index in [-0.39, 0.29) is 0 Å². The Labute approximate surface area is 188 Å². The summed E-state index contributed by atoms with van der Waals surface area (Å²) in [6, 6.07) is 13.4. The van der Waals surface area contributed by atoms with Gasteiger partial charge in [0, 0.05) is 20.1 Å². The molecule has 0 heterocycles. The van der Waals surface area contributed by atoms with Crippen LogP contribution in [0.4, 0.5) is 18.9 Å². The fourth-order valence-electron chi connectivity index (χ4n) is 3.52. The van der Waals surface area contributed by atoms with E-state index in [9.17, 15) is 18.4 Å². The third-order valence-electron chi connectivity index (χ3n) is 5.08. The Morgan fingerprint density at radius 1 is 0.833 bits per heavy atom. The highest BCUT2D eigenvalue weighted by Gasteiger charge is 2.31. The molecule has 1 aliphatic carbocycles. The molecule has 0 aromatic heterocycles. The van der Waals surface area contributed by atoms with Gasteiger partial charge >= 0.3 is 6.18 Å². The van der Waals surface area contributed by atoms with Gasteiger partial charge in [0.1, 0.15) is 6.07 Å². The predicted octanol–water partition coefficient (Wildman–Crippen LogP) is 7.87. The van der Waals surface area contributed by atoms with Crippen molar-refractivity contribution in [2.75, 3.05) is 0 Å². The standard InChI is InChI=1S/C23H13Br2F3N2/c1-11-6-15-16-7-13(10-29)20(25)9-18(16)22(17(15)8-19(11)24)30-21-4-3-14(5-12(21)2)23(26,27)28/h3-9H,1-2H3. The molecule has 3 aromatic rings. The highest BCUT2D eigenvalue weighted by atomic mass is 79.9. The van der Waals surface area contributed by atoms with Gasteiger partial charge in [-0.3, -0.25) is 0 Å². The zero-order valence-electron chi connectivity index (χ0n) is 15.8. The molecule has 0 fully saturated rings. The van der Waals surface area contributed by atoms with Crippen molar-refractivity contribution < 1.29 is 13.2 Å². The Morgan fingerprint density at radius 3 is 2.07 bits per heavy atom. The van der Waals surface area contributed by atoms with Crippen LogP contribution in [0.25, 0.3) is 11.1 Å². The molecule has 2 nitrogen and oxygen atoms in total. The molecule has 30 heavy (non-hydrogen) atoms. The van der Waals surface area contributed by atoms with E-state index in [1.54, 1.807) is 6.92 Å². The van der Waals surface area contributed by atoms with Gasteiger partial charge in [-0.2, -0.15) is 18.4 Å². The Balaban J connectivity index is 1.97. The smallest absolute Gasteiger partial charge is 0.247 e. The molecule has 150 valence electrons. The molecule has 0 N–H and O–H groups in total. The van der Waals surface area contributed by atoms with E-state index < -0.39 is 11.7 Å². The number of halogens is 5. The molecule has 3 aromatic carbocycles. The molecule has 4 rings (SSSR count). The van der Waals surface area contributed by atoms with Crippen molar-refractivity contribution in [2.45, 2.75) is 20.0 Å². The van der Waals surface area contributed by atoms with Crippen LogP contribution < -0.4 is 0 Å². The maximum Gasteiger partial charge on any atom is 0.416 e. The number of benzene rings is 3. The molecule has 0 saturated carbocycles. The van der Waals surface area contributed by atoms with Gasteiger partial charge in [0.05, 0.1) is 22.5 Å². The lowest BCUT2D eigenvalue weighted by molar-refractivity contribution is -0.137. The summed E-state index contributed by atoms with van der Waals surface area (Å²) in [4.78, 5) is 4.76. The van der Waals surface area contributed by atoms with Crippen molar-refractivity contribution in [1.29, 1.82) is 5.26 Å². The average molecular weight is 534 g/mol. The van der Waals surface area contributed by atoms with Gasteiger partial charge in [-0.1, -0.05) is 15.9 Å². The first kappa shape index (κ1) is 20.8. The van der Waals surface area contributed by atoms with Crippen molar-refractivity contribution >= 4 is 43.3 Å². The summed E-state index contributed by atoms with van der Waals surface area (Å²) in [5, 5.41) is 9.42. The van der Waals surface area contributed by atoms with E-state index >= 15 is 0 Å². The van der Waals surface area contributed by atoms with Crippen LogP contribution in [0.2, 0.25) is 0 Å². The summed E-state index contributed by atoms with van der Waals surface area (Å²) in [5.74, 6) is 0. The van der Waals surface area contributed by atoms with Crippen molar-refractivity contribution in [3.63, 3.8) is 0 Å². The second kappa shape index (κ2) is 7.36. The molecule has 0 atom stereocenters. The third-order valence-corrected chi connectivity index (χ3v) is 6.59. The molecule has 0 aliphatic heterocycles. The number of aliphatic imine (C=N–C) groups is 1. The molecule has 7 heteroatoms. The molecule has 0 unspecified atom stereocenters. The van der Waals surface area contributed by atoms with Gasteiger partial charge in [0.15, 0.2) is 0 Å². The maximum atomic E-state index is 13.0. The van der Waals surface area contributed by atoms with E-state index in [1.807, 2.05) is 31.2 Å². The molecular weight excluding hydrogens is 521 g/mol. The zero-order chi connectivity index (χ0) is 21.8. The van der Waals surface area contributed by atoms with E-state index in [0.29, 0.717) is 27.0 Å². The second-order valence-corrected chi connectivity index (χ2v) is 8.80. The van der Waals surface area contributed by atoms with Gasteiger partial charge in [-0.25, -0.2) is 4.99 Å². The summed E-state index contributed by atoms with van der Waals surface area (Å²) in [5.41, 5.74) is 5.92. The van der Waals surface area contributed by atoms with Crippen molar-refractivity contribution in [2.24, 2.45) is 4.99 Å². The van der Waals surface area contributed by atoms with Gasteiger partial charge in [-0.05, 0) is 94.5 Å². The minimum atomic E-state index is -4.40. The highest BCUT2D eigenvalue weighted by Crippen LogP contribution is 2.43. The maximum absolute atomic E-state index is 13.0. The average Bonchev–Trinajstić information content (AvgIpc) is 2.94. The first-order valence-electron chi connectivity index (χ1n) is 8.91. The fourth-order valence-corrected chi connectivity index (χ4v) is 4.30. The summed E-state index contributed by atoms with van der Waals surface area (Å²) in [6.45, 7) is 3.59. The lowest BCUT2D eigenvalue weighted by Crippen LogP contribution is -2.05. The van der Waals surface area contributed by atoms with Crippen LogP contribution in [0.5, 0.6) is 0 Å². The summed E-state index contributed by atoms with van der Waals surface area (Å²) in [7, 11) is 0. The number of rotatable bonds is 1. The Bertz CT molecular complexity index is 1290. The third kappa shape index (κ3) is 3.48. The Hall–Kier alpha value is -2.43. The topological polar surface area (TPSA) is 36.1 Å². The molecular formula is C23H13Br2F3N2. The number of nitriles is 1. The van der Waals surface area contributed by atoms with Crippen LogP contribution in [-0.4, -0.2) is 5.71 Å². The lowest BCUT2D eigenvalue weighted by Gasteiger charge is -2.10. The molecule has 1 aliphatic rings. The highest BCUT2D eigenvalue weighted by molar-refractivity contribution is 9.10.